The van der Waals surface area contributed by atoms with Crippen LogP contribution in [0.15, 0.2) is 45.5 Å². The molecule has 0 spiro atoms. The van der Waals surface area contributed by atoms with Gasteiger partial charge in [0.1, 0.15) is 0 Å². The lowest BCUT2D eigenvalue weighted by molar-refractivity contribution is -0.117. The van der Waals surface area contributed by atoms with E-state index in [9.17, 15) is 9.59 Å². The highest BCUT2D eigenvalue weighted by Gasteiger charge is 2.26. The van der Waals surface area contributed by atoms with Gasteiger partial charge in [0.05, 0.1) is 6.42 Å². The number of carbonyl (C=O) groups excluding carboxylic acids is 2. The van der Waals surface area contributed by atoms with Crippen molar-refractivity contribution in [3.05, 3.63) is 52.4 Å². The third-order valence-corrected chi connectivity index (χ3v) is 3.77. The fourth-order valence-electron chi connectivity index (χ4n) is 2.37. The Kier molecular flexibility index (Phi) is 3.79. The Morgan fingerprint density at radius 2 is 2.10 bits per heavy atom. The zero-order valence-corrected chi connectivity index (χ0v) is 12.7. The van der Waals surface area contributed by atoms with E-state index < -0.39 is 0 Å². The van der Waals surface area contributed by atoms with Crippen molar-refractivity contribution in [2.24, 2.45) is 0 Å². The number of fused-ring (bicyclic) bond motifs is 1. The van der Waals surface area contributed by atoms with Crippen LogP contribution in [0, 0.1) is 0 Å². The van der Waals surface area contributed by atoms with Gasteiger partial charge in [0.2, 0.25) is 5.91 Å². The fraction of sp³-hybridized carbons (Fsp3) is 0.200. The number of nitrogens with one attached hydrogen (secondary N) is 1. The van der Waals surface area contributed by atoms with Crippen molar-refractivity contribution >= 4 is 33.4 Å². The van der Waals surface area contributed by atoms with Gasteiger partial charge in [-0.1, -0.05) is 18.2 Å². The highest BCUT2D eigenvalue weighted by molar-refractivity contribution is 9.10. The van der Waals surface area contributed by atoms with Crippen LogP contribution in [0.4, 0.5) is 5.69 Å². The molecule has 21 heavy (non-hydrogen) atoms. The first kappa shape index (κ1) is 13.9. The molecule has 1 aliphatic heterocycles. The topological polar surface area (TPSA) is 62.6 Å². The SMILES string of the molecule is O=C(NCCN1C(=O)Cc2ccccc21)c1ccc(Br)o1. The molecule has 1 aromatic carbocycles. The minimum Gasteiger partial charge on any atom is -0.444 e. The van der Waals surface area contributed by atoms with Gasteiger partial charge >= 0.3 is 0 Å². The smallest absolute Gasteiger partial charge is 0.287 e. The zero-order chi connectivity index (χ0) is 14.8. The van der Waals surface area contributed by atoms with E-state index in [4.69, 9.17) is 4.42 Å². The lowest BCUT2D eigenvalue weighted by Crippen LogP contribution is -2.36. The van der Waals surface area contributed by atoms with Crippen molar-refractivity contribution in [3.8, 4) is 0 Å². The van der Waals surface area contributed by atoms with E-state index in [2.05, 4.69) is 21.2 Å². The molecule has 1 aromatic heterocycles. The van der Waals surface area contributed by atoms with E-state index in [1.54, 1.807) is 17.0 Å². The minimum absolute atomic E-state index is 0.0613. The number of benzene rings is 1. The maximum atomic E-state index is 12.0. The van der Waals surface area contributed by atoms with Gasteiger partial charge in [0.15, 0.2) is 10.4 Å². The highest BCUT2D eigenvalue weighted by Crippen LogP contribution is 2.27. The average molecular weight is 349 g/mol. The van der Waals surface area contributed by atoms with Crippen molar-refractivity contribution in [2.45, 2.75) is 6.42 Å². The first-order valence-electron chi connectivity index (χ1n) is 6.57. The van der Waals surface area contributed by atoms with Gasteiger partial charge in [-0.3, -0.25) is 9.59 Å². The summed E-state index contributed by atoms with van der Waals surface area (Å²) in [5, 5.41) is 2.74. The lowest BCUT2D eigenvalue weighted by Gasteiger charge is -2.17. The number of rotatable bonds is 4. The molecule has 1 N–H and O–H groups in total. The Bertz CT molecular complexity index is 696. The second-order valence-corrected chi connectivity index (χ2v) is 5.49. The van der Waals surface area contributed by atoms with Crippen molar-refractivity contribution in [1.29, 1.82) is 0 Å². The lowest BCUT2D eigenvalue weighted by atomic mass is 10.2. The summed E-state index contributed by atoms with van der Waals surface area (Å²) < 4.78 is 5.68. The molecule has 1 aliphatic rings. The Morgan fingerprint density at radius 1 is 1.29 bits per heavy atom. The third kappa shape index (κ3) is 2.85. The number of carbonyl (C=O) groups is 2. The van der Waals surface area contributed by atoms with Gasteiger partial charge in [0, 0.05) is 18.8 Å². The van der Waals surface area contributed by atoms with Crippen LogP contribution in [0.1, 0.15) is 16.1 Å². The van der Waals surface area contributed by atoms with Gasteiger partial charge in [-0.15, -0.1) is 0 Å². The molecule has 5 nitrogen and oxygen atoms in total. The van der Waals surface area contributed by atoms with Crippen LogP contribution in [0.3, 0.4) is 0 Å². The van der Waals surface area contributed by atoms with E-state index in [1.807, 2.05) is 24.3 Å². The van der Waals surface area contributed by atoms with Gasteiger partial charge in [0.25, 0.3) is 5.91 Å². The summed E-state index contributed by atoms with van der Waals surface area (Å²) >= 11 is 3.15. The summed E-state index contributed by atoms with van der Waals surface area (Å²) in [6, 6.07) is 11.0. The first-order chi connectivity index (χ1) is 10.1. The molecule has 0 unspecified atom stereocenters. The molecule has 0 saturated heterocycles. The van der Waals surface area contributed by atoms with Crippen molar-refractivity contribution in [3.63, 3.8) is 0 Å². The Labute approximate surface area is 130 Å². The molecule has 2 amide bonds. The molecule has 0 fully saturated rings. The van der Waals surface area contributed by atoms with Crippen molar-refractivity contribution in [2.75, 3.05) is 18.0 Å². The number of halogens is 1. The summed E-state index contributed by atoms with van der Waals surface area (Å²) in [5.41, 5.74) is 1.96. The Balaban J connectivity index is 1.59. The maximum Gasteiger partial charge on any atom is 0.287 e. The standard InChI is InChI=1S/C15H13BrN2O3/c16-13-6-5-12(21-13)15(20)17-7-8-18-11-4-2-1-3-10(11)9-14(18)19/h1-6H,7-9H2,(H,17,20). The number of amides is 2. The molecule has 0 radical (unpaired) electrons. The van der Waals surface area contributed by atoms with E-state index in [0.29, 0.717) is 24.2 Å². The second kappa shape index (κ2) is 5.73. The van der Waals surface area contributed by atoms with Gasteiger partial charge in [-0.25, -0.2) is 0 Å². The molecule has 0 saturated carbocycles. The van der Waals surface area contributed by atoms with Crippen molar-refractivity contribution in [1.82, 2.24) is 5.32 Å². The van der Waals surface area contributed by atoms with Crippen LogP contribution in [0.5, 0.6) is 0 Å². The monoisotopic (exact) mass is 348 g/mol. The van der Waals surface area contributed by atoms with Crippen LogP contribution < -0.4 is 10.2 Å². The van der Waals surface area contributed by atoms with E-state index >= 15 is 0 Å². The van der Waals surface area contributed by atoms with Crippen LogP contribution in [-0.2, 0) is 11.2 Å². The number of nitrogens with zero attached hydrogens (tertiary/aromatic N) is 1. The molecule has 2 aromatic rings. The molecule has 0 atom stereocenters. The molecular weight excluding hydrogens is 336 g/mol. The summed E-state index contributed by atoms with van der Waals surface area (Å²) in [5.74, 6) is 0.0156. The quantitative estimate of drug-likeness (QED) is 0.922. The van der Waals surface area contributed by atoms with Gasteiger partial charge in [-0.2, -0.15) is 0 Å². The fourth-order valence-corrected chi connectivity index (χ4v) is 2.67. The molecule has 108 valence electrons. The molecule has 6 heteroatoms. The molecule has 0 bridgehead atoms. The van der Waals surface area contributed by atoms with Crippen molar-refractivity contribution < 1.29 is 14.0 Å². The zero-order valence-electron chi connectivity index (χ0n) is 11.1. The minimum atomic E-state index is -0.291. The van der Waals surface area contributed by atoms with Crippen LogP contribution in [0.25, 0.3) is 0 Å². The predicted molar refractivity (Wildman–Crippen MR) is 81.2 cm³/mol. The van der Waals surface area contributed by atoms with Crippen LogP contribution in [-0.4, -0.2) is 24.9 Å². The van der Waals surface area contributed by atoms with E-state index in [-0.39, 0.29) is 17.6 Å². The predicted octanol–water partition coefficient (Wildman–Crippen LogP) is 2.36. The summed E-state index contributed by atoms with van der Waals surface area (Å²) in [6.07, 6.45) is 0.426. The van der Waals surface area contributed by atoms with Crippen LogP contribution in [0.2, 0.25) is 0 Å². The van der Waals surface area contributed by atoms with Gasteiger partial charge < -0.3 is 14.6 Å². The summed E-state index contributed by atoms with van der Waals surface area (Å²) in [7, 11) is 0. The Hall–Kier alpha value is -2.08. The molecule has 0 aliphatic carbocycles. The number of para-hydroxylation sites is 1. The number of anilines is 1. The second-order valence-electron chi connectivity index (χ2n) is 4.71. The molecule has 2 heterocycles. The number of hydrogen-bond acceptors (Lipinski definition) is 3. The highest BCUT2D eigenvalue weighted by atomic mass is 79.9. The largest absolute Gasteiger partial charge is 0.444 e. The normalized spacial score (nSPS) is 13.4. The number of hydrogen-bond donors (Lipinski definition) is 1. The van der Waals surface area contributed by atoms with E-state index in [1.165, 1.54) is 0 Å². The summed E-state index contributed by atoms with van der Waals surface area (Å²) in [6.45, 7) is 0.820. The first-order valence-corrected chi connectivity index (χ1v) is 7.36. The molecular formula is C15H13BrN2O3. The summed E-state index contributed by atoms with van der Waals surface area (Å²) in [4.78, 5) is 25.5. The average Bonchev–Trinajstić information content (AvgIpc) is 3.03. The van der Waals surface area contributed by atoms with E-state index in [0.717, 1.165) is 11.3 Å². The van der Waals surface area contributed by atoms with Crippen LogP contribution >= 0.6 is 15.9 Å². The maximum absolute atomic E-state index is 12.0. The molecule has 3 rings (SSSR count). The number of furan rings is 1. The van der Waals surface area contributed by atoms with Gasteiger partial charge in [-0.05, 0) is 39.7 Å². The Morgan fingerprint density at radius 3 is 2.86 bits per heavy atom. The third-order valence-electron chi connectivity index (χ3n) is 3.34.